The Morgan fingerprint density at radius 2 is 2.33 bits per heavy atom. The van der Waals surface area contributed by atoms with Crippen molar-refractivity contribution >= 4 is 17.3 Å². The number of hydrogen-bond acceptors (Lipinski definition) is 3. The molecule has 3 nitrogen and oxygen atoms in total. The molecule has 0 spiro atoms. The lowest BCUT2D eigenvalue weighted by Gasteiger charge is -2.14. The van der Waals surface area contributed by atoms with Crippen LogP contribution in [-0.4, -0.2) is 19.3 Å². The van der Waals surface area contributed by atoms with Gasteiger partial charge in [-0.05, 0) is 6.07 Å². The Labute approximate surface area is 91.9 Å². The summed E-state index contributed by atoms with van der Waals surface area (Å²) in [5, 5.41) is 0.00234. The van der Waals surface area contributed by atoms with Gasteiger partial charge in [0.1, 0.15) is 17.7 Å². The molecular formula is C10H11ClFNO2. The Morgan fingerprint density at radius 3 is 3.00 bits per heavy atom. The van der Waals surface area contributed by atoms with Crippen molar-refractivity contribution in [1.82, 2.24) is 0 Å². The van der Waals surface area contributed by atoms with Gasteiger partial charge in [0.15, 0.2) is 0 Å². The molecule has 1 atom stereocenters. The van der Waals surface area contributed by atoms with Gasteiger partial charge < -0.3 is 15.2 Å². The SMILES string of the molecule is Nc1cc(Cl)c(F)cc1OC1CCOC1. The molecule has 1 unspecified atom stereocenters. The summed E-state index contributed by atoms with van der Waals surface area (Å²) in [6.07, 6.45) is 0.747. The maximum Gasteiger partial charge on any atom is 0.145 e. The van der Waals surface area contributed by atoms with Gasteiger partial charge in [0.2, 0.25) is 0 Å². The van der Waals surface area contributed by atoms with E-state index in [4.69, 9.17) is 26.8 Å². The number of ether oxygens (including phenoxy) is 2. The smallest absolute Gasteiger partial charge is 0.145 e. The molecule has 0 aromatic heterocycles. The number of rotatable bonds is 2. The van der Waals surface area contributed by atoms with Gasteiger partial charge in [0.05, 0.1) is 23.9 Å². The predicted molar refractivity (Wildman–Crippen MR) is 55.7 cm³/mol. The number of benzene rings is 1. The molecule has 0 bridgehead atoms. The normalized spacial score (nSPS) is 20.5. The van der Waals surface area contributed by atoms with E-state index in [1.165, 1.54) is 12.1 Å². The van der Waals surface area contributed by atoms with Gasteiger partial charge in [0, 0.05) is 12.5 Å². The molecule has 0 aliphatic carbocycles. The number of hydrogen-bond donors (Lipinski definition) is 1. The first-order valence-electron chi connectivity index (χ1n) is 4.66. The Morgan fingerprint density at radius 1 is 1.53 bits per heavy atom. The maximum absolute atomic E-state index is 13.1. The topological polar surface area (TPSA) is 44.5 Å². The van der Waals surface area contributed by atoms with Gasteiger partial charge in [0.25, 0.3) is 0 Å². The van der Waals surface area contributed by atoms with E-state index >= 15 is 0 Å². The average molecular weight is 232 g/mol. The lowest BCUT2D eigenvalue weighted by atomic mass is 10.2. The highest BCUT2D eigenvalue weighted by atomic mass is 35.5. The van der Waals surface area contributed by atoms with Crippen LogP contribution in [0.1, 0.15) is 6.42 Å². The Balaban J connectivity index is 2.16. The van der Waals surface area contributed by atoms with Crippen molar-refractivity contribution in [2.24, 2.45) is 0 Å². The van der Waals surface area contributed by atoms with Gasteiger partial charge in [-0.1, -0.05) is 11.6 Å². The zero-order chi connectivity index (χ0) is 10.8. The lowest BCUT2D eigenvalue weighted by Crippen LogP contribution is -2.16. The summed E-state index contributed by atoms with van der Waals surface area (Å²) in [7, 11) is 0. The van der Waals surface area contributed by atoms with Crippen LogP contribution < -0.4 is 10.5 Å². The largest absolute Gasteiger partial charge is 0.486 e. The summed E-state index contributed by atoms with van der Waals surface area (Å²) in [5.74, 6) is -0.202. The Hall–Kier alpha value is -1.00. The van der Waals surface area contributed by atoms with Gasteiger partial charge in [-0.2, -0.15) is 0 Å². The highest BCUT2D eigenvalue weighted by Gasteiger charge is 2.19. The maximum atomic E-state index is 13.1. The lowest BCUT2D eigenvalue weighted by molar-refractivity contribution is 0.141. The van der Waals surface area contributed by atoms with Gasteiger partial charge in [-0.25, -0.2) is 4.39 Å². The van der Waals surface area contributed by atoms with Gasteiger partial charge in [-0.3, -0.25) is 0 Å². The highest BCUT2D eigenvalue weighted by Crippen LogP contribution is 2.29. The molecule has 1 saturated heterocycles. The Bertz CT molecular complexity index is 367. The van der Waals surface area contributed by atoms with Crippen molar-refractivity contribution in [1.29, 1.82) is 0 Å². The second kappa shape index (κ2) is 4.24. The minimum Gasteiger partial charge on any atom is -0.486 e. The van der Waals surface area contributed by atoms with E-state index < -0.39 is 5.82 Å². The second-order valence-corrected chi connectivity index (χ2v) is 3.81. The summed E-state index contributed by atoms with van der Waals surface area (Å²) < 4.78 is 23.8. The van der Waals surface area contributed by atoms with Crippen LogP contribution in [0, 0.1) is 5.82 Å². The molecule has 1 aliphatic heterocycles. The van der Waals surface area contributed by atoms with Crippen LogP contribution in [0.15, 0.2) is 12.1 Å². The summed E-state index contributed by atoms with van der Waals surface area (Å²) in [6.45, 7) is 1.18. The molecule has 82 valence electrons. The molecular weight excluding hydrogens is 221 g/mol. The monoisotopic (exact) mass is 231 g/mol. The molecule has 0 amide bonds. The van der Waals surface area contributed by atoms with Crippen molar-refractivity contribution in [2.75, 3.05) is 18.9 Å². The van der Waals surface area contributed by atoms with Crippen molar-refractivity contribution < 1.29 is 13.9 Å². The van der Waals surface area contributed by atoms with Crippen molar-refractivity contribution in [3.05, 3.63) is 23.0 Å². The minimum atomic E-state index is -0.528. The van der Waals surface area contributed by atoms with E-state index in [9.17, 15) is 4.39 Å². The van der Waals surface area contributed by atoms with Crippen LogP contribution in [0.3, 0.4) is 0 Å². The summed E-state index contributed by atoms with van der Waals surface area (Å²) >= 11 is 5.57. The third-order valence-electron chi connectivity index (χ3n) is 2.23. The van der Waals surface area contributed by atoms with E-state index in [1.54, 1.807) is 0 Å². The second-order valence-electron chi connectivity index (χ2n) is 3.41. The van der Waals surface area contributed by atoms with E-state index in [0.717, 1.165) is 6.42 Å². The van der Waals surface area contributed by atoms with E-state index in [-0.39, 0.29) is 11.1 Å². The van der Waals surface area contributed by atoms with Crippen LogP contribution in [0.2, 0.25) is 5.02 Å². The van der Waals surface area contributed by atoms with Crippen molar-refractivity contribution in [3.63, 3.8) is 0 Å². The minimum absolute atomic E-state index is 0.00234. The standard InChI is InChI=1S/C10H11ClFNO2/c11-7-3-9(13)10(4-8(7)12)15-6-1-2-14-5-6/h3-4,6H,1-2,5,13H2. The molecule has 1 fully saturated rings. The third kappa shape index (κ3) is 2.33. The fourth-order valence-corrected chi connectivity index (χ4v) is 1.60. The molecule has 0 radical (unpaired) electrons. The van der Waals surface area contributed by atoms with Crippen LogP contribution in [-0.2, 0) is 4.74 Å². The zero-order valence-electron chi connectivity index (χ0n) is 8.00. The molecule has 5 heteroatoms. The van der Waals surface area contributed by atoms with Crippen LogP contribution >= 0.6 is 11.6 Å². The fourth-order valence-electron chi connectivity index (χ4n) is 1.43. The number of anilines is 1. The molecule has 1 heterocycles. The first-order valence-corrected chi connectivity index (χ1v) is 5.03. The van der Waals surface area contributed by atoms with Gasteiger partial charge >= 0.3 is 0 Å². The zero-order valence-corrected chi connectivity index (χ0v) is 8.76. The Kier molecular flexibility index (Phi) is 2.98. The summed E-state index contributed by atoms with van der Waals surface area (Å²) in [5.41, 5.74) is 5.99. The average Bonchev–Trinajstić information content (AvgIpc) is 2.67. The van der Waals surface area contributed by atoms with Crippen LogP contribution in [0.4, 0.5) is 10.1 Å². The molecule has 0 saturated carbocycles. The molecule has 2 rings (SSSR count). The van der Waals surface area contributed by atoms with Crippen LogP contribution in [0.5, 0.6) is 5.75 Å². The van der Waals surface area contributed by atoms with Crippen LogP contribution in [0.25, 0.3) is 0 Å². The quantitative estimate of drug-likeness (QED) is 0.794. The predicted octanol–water partition coefficient (Wildman–Crippen LogP) is 2.23. The molecule has 1 aromatic rings. The fraction of sp³-hybridized carbons (Fsp3) is 0.400. The number of halogens is 2. The van der Waals surface area contributed by atoms with E-state index in [2.05, 4.69) is 0 Å². The third-order valence-corrected chi connectivity index (χ3v) is 2.52. The number of nitrogens with two attached hydrogens (primary N) is 1. The van der Waals surface area contributed by atoms with E-state index in [1.807, 2.05) is 0 Å². The van der Waals surface area contributed by atoms with Crippen molar-refractivity contribution in [3.8, 4) is 5.75 Å². The van der Waals surface area contributed by atoms with Crippen molar-refractivity contribution in [2.45, 2.75) is 12.5 Å². The molecule has 2 N–H and O–H groups in total. The first-order chi connectivity index (χ1) is 7.16. The highest BCUT2D eigenvalue weighted by molar-refractivity contribution is 6.31. The summed E-state index contributed by atoms with van der Waals surface area (Å²) in [6, 6.07) is 2.55. The summed E-state index contributed by atoms with van der Waals surface area (Å²) in [4.78, 5) is 0. The first kappa shape index (κ1) is 10.5. The number of nitrogen functional groups attached to an aromatic ring is 1. The van der Waals surface area contributed by atoms with E-state index in [0.29, 0.717) is 24.7 Å². The van der Waals surface area contributed by atoms with Gasteiger partial charge in [-0.15, -0.1) is 0 Å². The molecule has 1 aromatic carbocycles. The molecule has 1 aliphatic rings. The molecule has 15 heavy (non-hydrogen) atoms.